The van der Waals surface area contributed by atoms with Crippen LogP contribution in [-0.2, 0) is 6.42 Å². The summed E-state index contributed by atoms with van der Waals surface area (Å²) in [6.45, 7) is 12.4. The third-order valence-corrected chi connectivity index (χ3v) is 4.68. The van der Waals surface area contributed by atoms with Gasteiger partial charge in [-0.2, -0.15) is 0 Å². The van der Waals surface area contributed by atoms with Gasteiger partial charge in [0.2, 0.25) is 0 Å². The minimum atomic E-state index is 0. The molecule has 0 unspecified atom stereocenters. The van der Waals surface area contributed by atoms with E-state index in [2.05, 4.69) is 47.7 Å². The highest BCUT2D eigenvalue weighted by molar-refractivity contribution is 5.35. The number of hydrogen-bond donors (Lipinski definition) is 1. The summed E-state index contributed by atoms with van der Waals surface area (Å²) in [5.41, 5.74) is 2.30. The highest BCUT2D eigenvalue weighted by Gasteiger charge is 2.28. The standard InChI is InChI=1S/C17H29NO.HI/c1-13(2)18(6,14(3)4)11-7-8-16-12-15(5)9-10-17(16)19;/h9-10,12-14H,7-8,11H2,1-6H3;1H. The van der Waals surface area contributed by atoms with E-state index in [0.29, 0.717) is 17.8 Å². The number of phenolic OH excluding ortho intramolecular Hbond substituents is 1. The first kappa shape index (κ1) is 19.7. The molecule has 3 heteroatoms. The van der Waals surface area contributed by atoms with E-state index in [1.807, 2.05) is 12.1 Å². The molecule has 0 aliphatic carbocycles. The Bertz CT molecular complexity index is 407. The van der Waals surface area contributed by atoms with Crippen LogP contribution in [0.4, 0.5) is 0 Å². The normalized spacial score (nSPS) is 11.8. The van der Waals surface area contributed by atoms with Crippen LogP contribution in [0.5, 0.6) is 5.75 Å². The Morgan fingerprint density at radius 2 is 1.65 bits per heavy atom. The molecule has 0 radical (unpaired) electrons. The Labute approximate surface area is 141 Å². The van der Waals surface area contributed by atoms with Crippen molar-refractivity contribution in [2.75, 3.05) is 13.6 Å². The van der Waals surface area contributed by atoms with Crippen molar-refractivity contribution >= 4 is 0 Å². The summed E-state index contributed by atoms with van der Waals surface area (Å²) < 4.78 is 1.09. The maximum absolute atomic E-state index is 9.88. The zero-order chi connectivity index (χ0) is 14.6. The van der Waals surface area contributed by atoms with E-state index in [4.69, 9.17) is 0 Å². The molecular formula is C17H30INO. The van der Waals surface area contributed by atoms with Crippen molar-refractivity contribution in [2.45, 2.75) is 59.5 Å². The van der Waals surface area contributed by atoms with E-state index in [0.717, 1.165) is 29.4 Å². The van der Waals surface area contributed by atoms with Gasteiger partial charge in [0.1, 0.15) is 5.75 Å². The number of quaternary nitrogens is 1. The van der Waals surface area contributed by atoms with Gasteiger partial charge in [0.05, 0.1) is 25.7 Å². The quantitative estimate of drug-likeness (QED) is 0.565. The number of halogens is 1. The Kier molecular flexibility index (Phi) is 8.11. The predicted molar refractivity (Wildman–Crippen MR) is 82.5 cm³/mol. The molecule has 116 valence electrons. The van der Waals surface area contributed by atoms with Crippen LogP contribution in [0.3, 0.4) is 0 Å². The molecule has 1 aromatic rings. The van der Waals surface area contributed by atoms with Gasteiger partial charge in [0.15, 0.2) is 0 Å². The summed E-state index contributed by atoms with van der Waals surface area (Å²) in [5.74, 6) is 0.439. The first-order valence-corrected chi connectivity index (χ1v) is 7.40. The van der Waals surface area contributed by atoms with Gasteiger partial charge >= 0.3 is 0 Å². The third-order valence-electron chi connectivity index (χ3n) is 4.68. The third kappa shape index (κ3) is 4.92. The molecular weight excluding hydrogens is 361 g/mol. The lowest BCUT2D eigenvalue weighted by atomic mass is 10.0. The molecule has 0 amide bonds. The second-order valence-corrected chi connectivity index (χ2v) is 6.49. The van der Waals surface area contributed by atoms with Gasteiger partial charge < -0.3 is 33.6 Å². The van der Waals surface area contributed by atoms with Crippen LogP contribution >= 0.6 is 0 Å². The maximum atomic E-state index is 9.88. The monoisotopic (exact) mass is 391 g/mol. The van der Waals surface area contributed by atoms with Crippen LogP contribution in [0.15, 0.2) is 18.2 Å². The molecule has 2 nitrogen and oxygen atoms in total. The summed E-state index contributed by atoms with van der Waals surface area (Å²) in [4.78, 5) is 0. The Balaban J connectivity index is 0.00000361. The first-order chi connectivity index (χ1) is 8.77. The molecule has 0 aliphatic rings. The van der Waals surface area contributed by atoms with E-state index in [-0.39, 0.29) is 24.0 Å². The van der Waals surface area contributed by atoms with Crippen molar-refractivity contribution in [1.29, 1.82) is 0 Å². The van der Waals surface area contributed by atoms with Crippen molar-refractivity contribution in [3.63, 3.8) is 0 Å². The number of hydrogen-bond acceptors (Lipinski definition) is 1. The van der Waals surface area contributed by atoms with E-state index in [1.54, 1.807) is 0 Å². The first-order valence-electron chi connectivity index (χ1n) is 7.40. The summed E-state index contributed by atoms with van der Waals surface area (Å²) >= 11 is 0. The van der Waals surface area contributed by atoms with Gasteiger partial charge in [-0.05, 0) is 52.7 Å². The minimum Gasteiger partial charge on any atom is -1.00 e. The summed E-state index contributed by atoms with van der Waals surface area (Å²) in [6.07, 6.45) is 2.07. The molecule has 0 saturated heterocycles. The maximum Gasteiger partial charge on any atom is 0.118 e. The fraction of sp³-hybridized carbons (Fsp3) is 0.647. The Morgan fingerprint density at radius 3 is 2.15 bits per heavy atom. The molecule has 0 aromatic heterocycles. The van der Waals surface area contributed by atoms with Crippen LogP contribution in [0.1, 0.15) is 45.2 Å². The number of nitrogens with zero attached hydrogens (tertiary/aromatic N) is 1. The lowest BCUT2D eigenvalue weighted by molar-refractivity contribution is -0.949. The van der Waals surface area contributed by atoms with Gasteiger partial charge in [0.25, 0.3) is 0 Å². The number of rotatable bonds is 6. The molecule has 1 rings (SSSR count). The van der Waals surface area contributed by atoms with Gasteiger partial charge in [0, 0.05) is 6.42 Å². The largest absolute Gasteiger partial charge is 1.00 e. The molecule has 0 spiro atoms. The van der Waals surface area contributed by atoms with E-state index < -0.39 is 0 Å². The minimum absolute atomic E-state index is 0. The zero-order valence-electron chi connectivity index (χ0n) is 13.8. The number of phenols is 1. The van der Waals surface area contributed by atoms with Gasteiger partial charge in [-0.25, -0.2) is 0 Å². The second kappa shape index (κ2) is 8.23. The highest BCUT2D eigenvalue weighted by Crippen LogP contribution is 2.22. The van der Waals surface area contributed by atoms with E-state index >= 15 is 0 Å². The highest BCUT2D eigenvalue weighted by atomic mass is 127. The Morgan fingerprint density at radius 1 is 1.10 bits per heavy atom. The molecule has 0 atom stereocenters. The zero-order valence-corrected chi connectivity index (χ0v) is 15.9. The molecule has 0 saturated carbocycles. The SMILES string of the molecule is Cc1ccc(O)c(CCC[N+](C)(C(C)C)C(C)C)c1.[I-]. The van der Waals surface area contributed by atoms with Crippen molar-refractivity contribution in [1.82, 2.24) is 0 Å². The Hall–Kier alpha value is -0.290. The summed E-state index contributed by atoms with van der Waals surface area (Å²) in [7, 11) is 2.34. The molecule has 1 aromatic carbocycles. The topological polar surface area (TPSA) is 20.2 Å². The lowest BCUT2D eigenvalue weighted by Crippen LogP contribution is -3.00. The fourth-order valence-corrected chi connectivity index (χ4v) is 2.64. The molecule has 0 bridgehead atoms. The number of aryl methyl sites for hydroxylation is 2. The van der Waals surface area contributed by atoms with E-state index in [9.17, 15) is 5.11 Å². The smallest absolute Gasteiger partial charge is 0.118 e. The molecule has 0 aliphatic heterocycles. The van der Waals surface area contributed by atoms with Gasteiger partial charge in [-0.1, -0.05) is 17.7 Å². The van der Waals surface area contributed by atoms with E-state index in [1.165, 1.54) is 5.56 Å². The van der Waals surface area contributed by atoms with Crippen LogP contribution in [0, 0.1) is 6.92 Å². The summed E-state index contributed by atoms with van der Waals surface area (Å²) in [5, 5.41) is 9.88. The van der Waals surface area contributed by atoms with Crippen LogP contribution in [0.25, 0.3) is 0 Å². The second-order valence-electron chi connectivity index (χ2n) is 6.49. The predicted octanol–water partition coefficient (Wildman–Crippen LogP) is 0.901. The molecule has 0 fully saturated rings. The average molecular weight is 391 g/mol. The van der Waals surface area contributed by atoms with Crippen molar-refractivity contribution in [3.8, 4) is 5.75 Å². The molecule has 0 heterocycles. The van der Waals surface area contributed by atoms with Crippen LogP contribution in [-0.4, -0.2) is 35.3 Å². The molecule has 20 heavy (non-hydrogen) atoms. The average Bonchev–Trinajstić information content (AvgIpc) is 2.32. The fourth-order valence-electron chi connectivity index (χ4n) is 2.64. The number of aromatic hydroxyl groups is 1. The van der Waals surface area contributed by atoms with Gasteiger partial charge in [-0.15, -0.1) is 0 Å². The van der Waals surface area contributed by atoms with Crippen molar-refractivity contribution in [3.05, 3.63) is 29.3 Å². The molecule has 1 N–H and O–H groups in total. The van der Waals surface area contributed by atoms with Crippen LogP contribution in [0.2, 0.25) is 0 Å². The summed E-state index contributed by atoms with van der Waals surface area (Å²) in [6, 6.07) is 7.13. The lowest BCUT2D eigenvalue weighted by Gasteiger charge is -2.42. The van der Waals surface area contributed by atoms with Crippen molar-refractivity contribution in [2.24, 2.45) is 0 Å². The number of benzene rings is 1. The van der Waals surface area contributed by atoms with Crippen molar-refractivity contribution < 1.29 is 33.6 Å². The van der Waals surface area contributed by atoms with Crippen LogP contribution < -0.4 is 24.0 Å². The van der Waals surface area contributed by atoms with Gasteiger partial charge in [-0.3, -0.25) is 0 Å².